The maximum Gasteiger partial charge on any atom is 0.410 e. The zero-order valence-electron chi connectivity index (χ0n) is 12.0. The van der Waals surface area contributed by atoms with Gasteiger partial charge in [-0.15, -0.1) is 0 Å². The van der Waals surface area contributed by atoms with Gasteiger partial charge in [0, 0.05) is 6.54 Å². The van der Waals surface area contributed by atoms with Gasteiger partial charge in [0.2, 0.25) is 0 Å². The summed E-state index contributed by atoms with van der Waals surface area (Å²) in [5.74, 6) is 0. The average molecular weight is 251 g/mol. The zero-order chi connectivity index (χ0) is 13.8. The molecule has 18 heavy (non-hydrogen) atoms. The Kier molecular flexibility index (Phi) is 5.00. The van der Waals surface area contributed by atoms with Crippen LogP contribution in [0.2, 0.25) is 0 Å². The van der Waals surface area contributed by atoms with Crippen molar-refractivity contribution in [3.05, 3.63) is 24.3 Å². The molecule has 1 atom stereocenters. The van der Waals surface area contributed by atoms with Gasteiger partial charge in [0.05, 0.1) is 6.04 Å². The molecule has 1 saturated heterocycles. The molecular weight excluding hydrogens is 226 g/mol. The maximum atomic E-state index is 12.2. The minimum absolute atomic E-state index is 0.121. The topological polar surface area (TPSA) is 29.5 Å². The highest BCUT2D eigenvalue weighted by Gasteiger charge is 2.31. The monoisotopic (exact) mass is 251 g/mol. The van der Waals surface area contributed by atoms with E-state index in [1.165, 1.54) is 0 Å². The number of rotatable bonds is 2. The number of allylic oxidation sites excluding steroid dienone is 1. The highest BCUT2D eigenvalue weighted by Crippen LogP contribution is 2.25. The van der Waals surface area contributed by atoms with Crippen LogP contribution in [0.3, 0.4) is 0 Å². The highest BCUT2D eigenvalue weighted by atomic mass is 16.6. The van der Waals surface area contributed by atoms with Crippen LogP contribution >= 0.6 is 0 Å². The average Bonchev–Trinajstić information content (AvgIpc) is 2.29. The third kappa shape index (κ3) is 3.90. The number of hydrogen-bond acceptors (Lipinski definition) is 2. The minimum atomic E-state index is -0.441. The molecule has 0 aromatic carbocycles. The zero-order valence-corrected chi connectivity index (χ0v) is 12.0. The van der Waals surface area contributed by atoms with E-state index >= 15 is 0 Å². The molecule has 0 bridgehead atoms. The third-order valence-corrected chi connectivity index (χ3v) is 3.08. The summed E-state index contributed by atoms with van der Waals surface area (Å²) in [7, 11) is 0. The van der Waals surface area contributed by atoms with Crippen LogP contribution < -0.4 is 0 Å². The van der Waals surface area contributed by atoms with Crippen LogP contribution in [0.25, 0.3) is 0 Å². The normalized spacial score (nSPS) is 21.7. The second-order valence-electron chi connectivity index (χ2n) is 5.68. The van der Waals surface area contributed by atoms with E-state index in [0.29, 0.717) is 0 Å². The van der Waals surface area contributed by atoms with E-state index in [-0.39, 0.29) is 12.1 Å². The van der Waals surface area contributed by atoms with Gasteiger partial charge in [0.15, 0.2) is 0 Å². The lowest BCUT2D eigenvalue weighted by molar-refractivity contribution is 0.0141. The second-order valence-corrected chi connectivity index (χ2v) is 5.68. The van der Waals surface area contributed by atoms with Crippen molar-refractivity contribution in [3.8, 4) is 0 Å². The van der Waals surface area contributed by atoms with E-state index in [2.05, 4.69) is 6.58 Å². The number of amides is 1. The van der Waals surface area contributed by atoms with E-state index < -0.39 is 5.60 Å². The fourth-order valence-electron chi connectivity index (χ4n) is 2.26. The first-order valence-corrected chi connectivity index (χ1v) is 6.67. The van der Waals surface area contributed by atoms with Crippen LogP contribution in [-0.4, -0.2) is 29.2 Å². The summed E-state index contributed by atoms with van der Waals surface area (Å²) in [6.07, 6.45) is 6.84. The summed E-state index contributed by atoms with van der Waals surface area (Å²) in [5, 5.41) is 0. The van der Waals surface area contributed by atoms with Crippen LogP contribution in [-0.2, 0) is 4.74 Å². The lowest BCUT2D eigenvalue weighted by atomic mass is 9.95. The summed E-state index contributed by atoms with van der Waals surface area (Å²) in [4.78, 5) is 14.0. The van der Waals surface area contributed by atoms with Crippen molar-refractivity contribution in [1.29, 1.82) is 0 Å². The van der Waals surface area contributed by atoms with Gasteiger partial charge < -0.3 is 9.64 Å². The van der Waals surface area contributed by atoms with Gasteiger partial charge in [0.25, 0.3) is 0 Å². The van der Waals surface area contributed by atoms with Gasteiger partial charge in [-0.25, -0.2) is 4.79 Å². The van der Waals surface area contributed by atoms with Crippen LogP contribution in [0.1, 0.15) is 47.0 Å². The summed E-state index contributed by atoms with van der Waals surface area (Å²) >= 11 is 0. The largest absolute Gasteiger partial charge is 0.444 e. The van der Waals surface area contributed by atoms with Crippen molar-refractivity contribution >= 4 is 6.09 Å². The van der Waals surface area contributed by atoms with Crippen LogP contribution in [0, 0.1) is 0 Å². The van der Waals surface area contributed by atoms with E-state index in [4.69, 9.17) is 4.74 Å². The maximum absolute atomic E-state index is 12.2. The number of likely N-dealkylation sites (tertiary alicyclic amines) is 1. The van der Waals surface area contributed by atoms with E-state index in [0.717, 1.165) is 31.4 Å². The Morgan fingerprint density at radius 1 is 1.39 bits per heavy atom. The first-order chi connectivity index (χ1) is 8.39. The molecule has 0 aromatic heterocycles. The van der Waals surface area contributed by atoms with E-state index in [1.807, 2.05) is 44.7 Å². The highest BCUT2D eigenvalue weighted by molar-refractivity contribution is 5.69. The molecule has 0 aliphatic carbocycles. The number of ether oxygens (including phenoxy) is 1. The van der Waals surface area contributed by atoms with Gasteiger partial charge in [-0.05, 0) is 52.5 Å². The van der Waals surface area contributed by atoms with E-state index in [1.54, 1.807) is 0 Å². The van der Waals surface area contributed by atoms with Crippen molar-refractivity contribution in [3.63, 3.8) is 0 Å². The molecule has 0 N–H and O–H groups in total. The molecule has 1 unspecified atom stereocenters. The first kappa shape index (κ1) is 14.8. The molecule has 1 aliphatic heterocycles. The number of piperidine rings is 1. The van der Waals surface area contributed by atoms with Gasteiger partial charge >= 0.3 is 6.09 Å². The number of nitrogens with zero attached hydrogens (tertiary/aromatic N) is 1. The molecule has 3 heteroatoms. The predicted molar refractivity (Wildman–Crippen MR) is 74.5 cm³/mol. The Morgan fingerprint density at radius 3 is 2.56 bits per heavy atom. The molecule has 1 fully saturated rings. The molecule has 102 valence electrons. The fourth-order valence-corrected chi connectivity index (χ4v) is 2.26. The van der Waals surface area contributed by atoms with Crippen molar-refractivity contribution < 1.29 is 9.53 Å². The smallest absolute Gasteiger partial charge is 0.410 e. The van der Waals surface area contributed by atoms with Crippen LogP contribution in [0.4, 0.5) is 4.79 Å². The fraction of sp³-hybridized carbons (Fsp3) is 0.667. The predicted octanol–water partition coefficient (Wildman–Crippen LogP) is 3.91. The second kappa shape index (κ2) is 6.07. The SMILES string of the molecule is C=CC(=CC)C1CCCCN1C(=O)OC(C)(C)C. The molecule has 0 saturated carbocycles. The van der Waals surface area contributed by atoms with Crippen LogP contribution in [0.15, 0.2) is 24.3 Å². The molecule has 1 amide bonds. The molecule has 1 heterocycles. The molecule has 3 nitrogen and oxygen atoms in total. The number of carbonyl (C=O) groups is 1. The molecule has 0 spiro atoms. The molecule has 1 aliphatic rings. The molecule has 0 aromatic rings. The summed E-state index contributed by atoms with van der Waals surface area (Å²) < 4.78 is 5.47. The number of hydrogen-bond donors (Lipinski definition) is 0. The first-order valence-electron chi connectivity index (χ1n) is 6.67. The lowest BCUT2D eigenvalue weighted by Crippen LogP contribution is -2.46. The Balaban J connectivity index is 2.82. The van der Waals surface area contributed by atoms with Crippen molar-refractivity contribution in [2.45, 2.75) is 58.6 Å². The quantitative estimate of drug-likeness (QED) is 0.696. The summed E-state index contributed by atoms with van der Waals surface area (Å²) in [5.41, 5.74) is 0.671. The molecular formula is C15H25NO2. The van der Waals surface area contributed by atoms with Crippen LogP contribution in [0.5, 0.6) is 0 Å². The molecule has 1 rings (SSSR count). The number of carbonyl (C=O) groups excluding carboxylic acids is 1. The molecule has 0 radical (unpaired) electrons. The van der Waals surface area contributed by atoms with Gasteiger partial charge in [-0.3, -0.25) is 0 Å². The Hall–Kier alpha value is -1.25. The summed E-state index contributed by atoms with van der Waals surface area (Å²) in [6, 6.07) is 0.121. The summed E-state index contributed by atoms with van der Waals surface area (Å²) in [6.45, 7) is 12.3. The van der Waals surface area contributed by atoms with Gasteiger partial charge in [0.1, 0.15) is 5.60 Å². The van der Waals surface area contributed by atoms with Crippen molar-refractivity contribution in [2.24, 2.45) is 0 Å². The van der Waals surface area contributed by atoms with Crippen molar-refractivity contribution in [2.75, 3.05) is 6.54 Å². The van der Waals surface area contributed by atoms with Crippen molar-refractivity contribution in [1.82, 2.24) is 4.90 Å². The minimum Gasteiger partial charge on any atom is -0.444 e. The Bertz CT molecular complexity index is 339. The van der Waals surface area contributed by atoms with Gasteiger partial charge in [-0.1, -0.05) is 18.7 Å². The lowest BCUT2D eigenvalue weighted by Gasteiger charge is -2.37. The standard InChI is InChI=1S/C15H25NO2/c1-6-12(7-2)13-10-8-9-11-16(13)14(17)18-15(3,4)5/h6-7,13H,1,8-11H2,2-5H3. The Morgan fingerprint density at radius 2 is 2.06 bits per heavy atom. The Labute approximate surface area is 110 Å². The van der Waals surface area contributed by atoms with E-state index in [9.17, 15) is 4.79 Å². The third-order valence-electron chi connectivity index (χ3n) is 3.08. The van der Waals surface area contributed by atoms with Gasteiger partial charge in [-0.2, -0.15) is 0 Å².